The molecule has 0 aliphatic carbocycles. The number of amides is 1. The molecule has 0 aromatic heterocycles. The monoisotopic (exact) mass is 471 g/mol. The summed E-state index contributed by atoms with van der Waals surface area (Å²) in [5.41, 5.74) is 1.10. The lowest BCUT2D eigenvalue weighted by Gasteiger charge is -2.14. The fourth-order valence-corrected chi connectivity index (χ4v) is 3.76. The number of hydrogen-bond donors (Lipinski definition) is 2. The first-order chi connectivity index (χ1) is 15.9. The lowest BCUT2D eigenvalue weighted by Crippen LogP contribution is -2.43. The number of carboxylic acid groups (broad SMARTS) is 1. The molecule has 0 spiro atoms. The third-order valence-electron chi connectivity index (χ3n) is 4.95. The van der Waals surface area contributed by atoms with E-state index < -0.39 is 17.9 Å². The van der Waals surface area contributed by atoms with Crippen LogP contribution >= 0.6 is 11.8 Å². The van der Waals surface area contributed by atoms with E-state index in [9.17, 15) is 19.5 Å². The smallest absolute Gasteiger partial charge is 0.326 e. The van der Waals surface area contributed by atoms with Crippen LogP contribution in [0.1, 0.15) is 22.3 Å². The third kappa shape index (κ3) is 5.23. The second-order valence-corrected chi connectivity index (χ2v) is 8.22. The summed E-state index contributed by atoms with van der Waals surface area (Å²) in [5, 5.41) is 11.7. The molecule has 9 nitrogen and oxygen atoms in total. The molecule has 0 saturated heterocycles. The highest BCUT2D eigenvalue weighted by Gasteiger charge is 2.28. The lowest BCUT2D eigenvalue weighted by atomic mass is 10.1. The van der Waals surface area contributed by atoms with Gasteiger partial charge in [0.2, 0.25) is 12.6 Å². The van der Waals surface area contributed by atoms with Crippen molar-refractivity contribution in [3.8, 4) is 23.0 Å². The summed E-state index contributed by atoms with van der Waals surface area (Å²) < 4.78 is 21.8. The summed E-state index contributed by atoms with van der Waals surface area (Å²) in [7, 11) is 0. The van der Waals surface area contributed by atoms with Crippen LogP contribution in [0.15, 0.2) is 42.2 Å². The second-order valence-electron chi connectivity index (χ2n) is 7.24. The molecule has 4 rings (SSSR count). The Labute approximate surface area is 193 Å². The van der Waals surface area contributed by atoms with Crippen molar-refractivity contribution in [3.63, 3.8) is 0 Å². The SMILES string of the molecule is CSCCC(NC(=O)COc1ccc2c(c1)OC(=Cc1ccc3c(c1)OCO3)C2=O)C(=O)O. The number of carbonyl (C=O) groups excluding carboxylic acids is 2. The van der Waals surface area contributed by atoms with E-state index in [0.29, 0.717) is 40.7 Å². The van der Waals surface area contributed by atoms with Gasteiger partial charge in [-0.25, -0.2) is 4.79 Å². The zero-order valence-corrected chi connectivity index (χ0v) is 18.5. The van der Waals surface area contributed by atoms with Gasteiger partial charge in [-0.2, -0.15) is 11.8 Å². The van der Waals surface area contributed by atoms with Crippen LogP contribution in [0, 0.1) is 0 Å². The van der Waals surface area contributed by atoms with Crippen molar-refractivity contribution in [1.29, 1.82) is 0 Å². The number of carbonyl (C=O) groups is 3. The van der Waals surface area contributed by atoms with Gasteiger partial charge >= 0.3 is 5.97 Å². The molecule has 1 amide bonds. The standard InChI is InChI=1S/C23H21NO8S/c1-33-7-6-16(23(27)28)24-21(25)11-29-14-3-4-15-18(10-14)32-20(22(15)26)9-13-2-5-17-19(8-13)31-12-30-17/h2-5,8-10,16H,6-7,11-12H2,1H3,(H,24,25)(H,27,28). The molecule has 10 heteroatoms. The van der Waals surface area contributed by atoms with Crippen LogP contribution in [0.2, 0.25) is 0 Å². The number of fused-ring (bicyclic) bond motifs is 2. The van der Waals surface area contributed by atoms with Crippen molar-refractivity contribution in [2.45, 2.75) is 12.5 Å². The minimum atomic E-state index is -1.09. The summed E-state index contributed by atoms with van der Waals surface area (Å²) in [6, 6.07) is 8.96. The number of rotatable bonds is 9. The number of aliphatic carboxylic acids is 1. The van der Waals surface area contributed by atoms with E-state index in [-0.39, 0.29) is 24.9 Å². The fourth-order valence-electron chi connectivity index (χ4n) is 3.29. The molecular formula is C23H21NO8S. The quantitative estimate of drug-likeness (QED) is 0.532. The Balaban J connectivity index is 1.38. The van der Waals surface area contributed by atoms with Crippen molar-refractivity contribution in [2.24, 2.45) is 0 Å². The molecule has 1 atom stereocenters. The molecule has 2 heterocycles. The number of Topliss-reactive ketones (excluding diaryl/α,β-unsaturated/α-hetero) is 1. The fraction of sp³-hybridized carbons (Fsp3) is 0.261. The molecule has 0 bridgehead atoms. The number of benzene rings is 2. The summed E-state index contributed by atoms with van der Waals surface area (Å²) >= 11 is 1.50. The van der Waals surface area contributed by atoms with E-state index in [4.69, 9.17) is 18.9 Å². The first kappa shape index (κ1) is 22.5. The summed E-state index contributed by atoms with van der Waals surface area (Å²) in [4.78, 5) is 36.0. The molecule has 172 valence electrons. The molecule has 2 N–H and O–H groups in total. The molecule has 2 aromatic carbocycles. The van der Waals surface area contributed by atoms with Gasteiger partial charge in [0.1, 0.15) is 17.5 Å². The molecule has 1 unspecified atom stereocenters. The van der Waals surface area contributed by atoms with Crippen LogP contribution < -0.4 is 24.3 Å². The van der Waals surface area contributed by atoms with E-state index >= 15 is 0 Å². The van der Waals surface area contributed by atoms with Gasteiger partial charge in [0, 0.05) is 6.07 Å². The highest BCUT2D eigenvalue weighted by molar-refractivity contribution is 7.98. The minimum Gasteiger partial charge on any atom is -0.484 e. The average Bonchev–Trinajstić information content (AvgIpc) is 3.39. The van der Waals surface area contributed by atoms with E-state index in [0.717, 1.165) is 5.56 Å². The van der Waals surface area contributed by atoms with Gasteiger partial charge in [0.15, 0.2) is 23.9 Å². The van der Waals surface area contributed by atoms with Crippen LogP contribution in [0.3, 0.4) is 0 Å². The van der Waals surface area contributed by atoms with E-state index in [1.54, 1.807) is 36.4 Å². The molecule has 33 heavy (non-hydrogen) atoms. The van der Waals surface area contributed by atoms with Crippen LogP contribution in [-0.4, -0.2) is 54.2 Å². The lowest BCUT2D eigenvalue weighted by molar-refractivity contribution is -0.142. The first-order valence-electron chi connectivity index (χ1n) is 10.1. The maximum absolute atomic E-state index is 12.7. The highest BCUT2D eigenvalue weighted by atomic mass is 32.2. The van der Waals surface area contributed by atoms with E-state index in [1.807, 2.05) is 6.26 Å². The van der Waals surface area contributed by atoms with Crippen LogP contribution in [0.5, 0.6) is 23.0 Å². The third-order valence-corrected chi connectivity index (χ3v) is 5.59. The molecule has 0 radical (unpaired) electrons. The van der Waals surface area contributed by atoms with Crippen molar-refractivity contribution in [2.75, 3.05) is 25.4 Å². The zero-order chi connectivity index (χ0) is 23.4. The molecule has 2 aromatic rings. The number of ketones is 1. The van der Waals surface area contributed by atoms with Crippen molar-refractivity contribution in [3.05, 3.63) is 53.3 Å². The molecule has 0 saturated carbocycles. The number of nitrogens with one attached hydrogen (secondary N) is 1. The van der Waals surface area contributed by atoms with Gasteiger partial charge in [0.05, 0.1) is 5.56 Å². The Morgan fingerprint density at radius 1 is 1.18 bits per heavy atom. The van der Waals surface area contributed by atoms with Crippen molar-refractivity contribution in [1.82, 2.24) is 5.32 Å². The van der Waals surface area contributed by atoms with Gasteiger partial charge in [-0.1, -0.05) is 6.07 Å². The number of allylic oxidation sites excluding steroid dienone is 1. The largest absolute Gasteiger partial charge is 0.484 e. The van der Waals surface area contributed by atoms with Crippen LogP contribution in [0.25, 0.3) is 6.08 Å². The van der Waals surface area contributed by atoms with Gasteiger partial charge in [-0.05, 0) is 54.3 Å². The zero-order valence-electron chi connectivity index (χ0n) is 17.7. The summed E-state index contributed by atoms with van der Waals surface area (Å²) in [6.07, 6.45) is 3.79. The number of hydrogen-bond acceptors (Lipinski definition) is 8. The Bertz CT molecular complexity index is 1130. The number of thioether (sulfide) groups is 1. The van der Waals surface area contributed by atoms with Gasteiger partial charge in [-0.3, -0.25) is 9.59 Å². The topological polar surface area (TPSA) is 120 Å². The maximum Gasteiger partial charge on any atom is 0.326 e. The Kier molecular flexibility index (Phi) is 6.74. The van der Waals surface area contributed by atoms with Crippen LogP contribution in [0.4, 0.5) is 0 Å². The minimum absolute atomic E-state index is 0.150. The normalized spacial score (nSPS) is 15.7. The average molecular weight is 471 g/mol. The Morgan fingerprint density at radius 3 is 2.79 bits per heavy atom. The molecular weight excluding hydrogens is 450 g/mol. The van der Waals surface area contributed by atoms with Crippen molar-refractivity contribution < 1.29 is 38.4 Å². The molecule has 0 fully saturated rings. The van der Waals surface area contributed by atoms with Crippen molar-refractivity contribution >= 4 is 35.5 Å². The summed E-state index contributed by atoms with van der Waals surface area (Å²) in [5.74, 6) is 0.708. The highest BCUT2D eigenvalue weighted by Crippen LogP contribution is 2.37. The van der Waals surface area contributed by atoms with Gasteiger partial charge < -0.3 is 29.4 Å². The van der Waals surface area contributed by atoms with Crippen LogP contribution in [-0.2, 0) is 9.59 Å². The second kappa shape index (κ2) is 9.86. The molecule has 2 aliphatic rings. The predicted octanol–water partition coefficient (Wildman–Crippen LogP) is 2.73. The number of ether oxygens (including phenoxy) is 4. The summed E-state index contributed by atoms with van der Waals surface area (Å²) in [6.45, 7) is -0.207. The Morgan fingerprint density at radius 2 is 2.00 bits per heavy atom. The maximum atomic E-state index is 12.7. The van der Waals surface area contributed by atoms with E-state index in [2.05, 4.69) is 5.32 Å². The van der Waals surface area contributed by atoms with Gasteiger partial charge in [0.25, 0.3) is 5.91 Å². The van der Waals surface area contributed by atoms with E-state index in [1.165, 1.54) is 17.8 Å². The number of carboxylic acids is 1. The van der Waals surface area contributed by atoms with Gasteiger partial charge in [-0.15, -0.1) is 0 Å². The first-order valence-corrected chi connectivity index (χ1v) is 11.5. The Hall–Kier alpha value is -3.66. The predicted molar refractivity (Wildman–Crippen MR) is 120 cm³/mol. The molecule has 2 aliphatic heterocycles.